The van der Waals surface area contributed by atoms with Crippen LogP contribution in [0.4, 0.5) is 5.69 Å². The Morgan fingerprint density at radius 3 is 2.90 bits per heavy atom. The number of rotatable bonds is 3. The van der Waals surface area contributed by atoms with Crippen molar-refractivity contribution < 1.29 is 9.53 Å². The number of nitrogens with two attached hydrogens (primary N) is 1. The van der Waals surface area contributed by atoms with Gasteiger partial charge in [-0.1, -0.05) is 0 Å². The van der Waals surface area contributed by atoms with Crippen LogP contribution < -0.4 is 11.1 Å². The fourth-order valence-corrected chi connectivity index (χ4v) is 3.63. The molecule has 9 nitrogen and oxygen atoms in total. The molecule has 0 saturated carbocycles. The molecule has 1 amide bonds. The fraction of sp³-hybridized carbons (Fsp3) is 0.474. The lowest BCUT2D eigenvalue weighted by Gasteiger charge is -2.02. The van der Waals surface area contributed by atoms with E-state index in [1.807, 2.05) is 13.8 Å². The van der Waals surface area contributed by atoms with Gasteiger partial charge in [0.1, 0.15) is 16.4 Å². The molecule has 0 spiro atoms. The van der Waals surface area contributed by atoms with Gasteiger partial charge in [-0.3, -0.25) is 14.6 Å². The quantitative estimate of drug-likeness (QED) is 0.602. The molecule has 0 unspecified atom stereocenters. The Balaban J connectivity index is 0.000000252. The van der Waals surface area contributed by atoms with Gasteiger partial charge in [-0.25, -0.2) is 4.98 Å². The molecule has 0 aliphatic carbocycles. The van der Waals surface area contributed by atoms with Crippen molar-refractivity contribution in [3.8, 4) is 10.7 Å². The molecule has 1 aliphatic rings. The molecular formula is C19H27N7O2S. The number of anilines is 1. The SMILES string of the molecule is Cc1[nH]nc(-c2nc(C(=O)Nc3cnn(C)c3)cs2)c1C.N[C@@H]1CCCOCC1. The lowest BCUT2D eigenvalue weighted by molar-refractivity contribution is 0.102. The van der Waals surface area contributed by atoms with Gasteiger partial charge in [0.15, 0.2) is 0 Å². The van der Waals surface area contributed by atoms with Crippen molar-refractivity contribution >= 4 is 22.9 Å². The molecule has 4 heterocycles. The van der Waals surface area contributed by atoms with E-state index in [0.717, 1.165) is 54.4 Å². The third-order valence-corrected chi connectivity index (χ3v) is 5.50. The molecule has 3 aromatic heterocycles. The number of nitrogens with zero attached hydrogens (tertiary/aromatic N) is 4. The maximum Gasteiger partial charge on any atom is 0.275 e. The molecule has 0 radical (unpaired) electrons. The number of carbonyl (C=O) groups excluding carboxylic acids is 1. The van der Waals surface area contributed by atoms with E-state index in [1.54, 1.807) is 29.5 Å². The van der Waals surface area contributed by atoms with E-state index in [1.165, 1.54) is 11.3 Å². The molecule has 3 aromatic rings. The molecule has 1 atom stereocenters. The Morgan fingerprint density at radius 2 is 2.21 bits per heavy atom. The Kier molecular flexibility index (Phi) is 7.13. The van der Waals surface area contributed by atoms with E-state index in [4.69, 9.17) is 10.5 Å². The lowest BCUT2D eigenvalue weighted by Crippen LogP contribution is -2.19. The van der Waals surface area contributed by atoms with Crippen LogP contribution in [-0.2, 0) is 11.8 Å². The third-order valence-electron chi connectivity index (χ3n) is 4.65. The van der Waals surface area contributed by atoms with Crippen LogP contribution in [0.5, 0.6) is 0 Å². The highest BCUT2D eigenvalue weighted by Crippen LogP contribution is 2.26. The van der Waals surface area contributed by atoms with Crippen molar-refractivity contribution in [3.63, 3.8) is 0 Å². The van der Waals surface area contributed by atoms with Crippen LogP contribution in [0.15, 0.2) is 17.8 Å². The summed E-state index contributed by atoms with van der Waals surface area (Å²) in [6, 6.07) is 0.400. The number of carbonyl (C=O) groups is 1. The van der Waals surface area contributed by atoms with Crippen LogP contribution in [0.2, 0.25) is 0 Å². The number of aromatic nitrogens is 5. The Morgan fingerprint density at radius 1 is 1.38 bits per heavy atom. The van der Waals surface area contributed by atoms with Crippen LogP contribution in [0.25, 0.3) is 10.7 Å². The number of aryl methyl sites for hydroxylation is 2. The molecule has 1 saturated heterocycles. The standard InChI is InChI=1S/C13H14N6OS.C6H13NO/c1-7-8(2)17-18-11(7)13-16-10(6-21-13)12(20)15-9-4-14-19(3)5-9;7-6-2-1-4-8-5-3-6/h4-6H,1-3H3,(H,15,20)(H,17,18);6H,1-5,7H2/t;6-/m.1/s1. The first kappa shape index (κ1) is 21.2. The number of aromatic amines is 1. The maximum atomic E-state index is 12.1. The minimum Gasteiger partial charge on any atom is -0.381 e. The first-order valence-electron chi connectivity index (χ1n) is 9.55. The average Bonchev–Trinajstić information content (AvgIpc) is 3.36. The molecule has 10 heteroatoms. The summed E-state index contributed by atoms with van der Waals surface area (Å²) in [5, 5.41) is 16.4. The summed E-state index contributed by atoms with van der Waals surface area (Å²) in [7, 11) is 1.79. The first-order chi connectivity index (χ1) is 13.9. The molecule has 0 bridgehead atoms. The van der Waals surface area contributed by atoms with Crippen molar-refractivity contribution in [1.82, 2.24) is 25.0 Å². The Bertz CT molecular complexity index is 938. The van der Waals surface area contributed by atoms with Crippen molar-refractivity contribution in [2.75, 3.05) is 18.5 Å². The lowest BCUT2D eigenvalue weighted by atomic mass is 10.1. The summed E-state index contributed by atoms with van der Waals surface area (Å²) >= 11 is 1.40. The van der Waals surface area contributed by atoms with Crippen LogP contribution in [0.1, 0.15) is 41.0 Å². The highest BCUT2D eigenvalue weighted by Gasteiger charge is 2.16. The smallest absolute Gasteiger partial charge is 0.275 e. The largest absolute Gasteiger partial charge is 0.381 e. The van der Waals surface area contributed by atoms with Crippen molar-refractivity contribution in [3.05, 3.63) is 34.7 Å². The summed E-state index contributed by atoms with van der Waals surface area (Å²) in [5.41, 5.74) is 9.51. The minimum atomic E-state index is -0.254. The monoisotopic (exact) mass is 417 g/mol. The van der Waals surface area contributed by atoms with Gasteiger partial charge in [-0.05, 0) is 33.1 Å². The second-order valence-corrected chi connectivity index (χ2v) is 7.88. The summed E-state index contributed by atoms with van der Waals surface area (Å²) in [5.74, 6) is -0.254. The zero-order valence-corrected chi connectivity index (χ0v) is 17.8. The first-order valence-corrected chi connectivity index (χ1v) is 10.4. The molecule has 1 fully saturated rings. The predicted octanol–water partition coefficient (Wildman–Crippen LogP) is 2.65. The number of amides is 1. The van der Waals surface area contributed by atoms with Gasteiger partial charge < -0.3 is 15.8 Å². The molecule has 4 N–H and O–H groups in total. The van der Waals surface area contributed by atoms with Crippen LogP contribution in [-0.4, -0.2) is 50.1 Å². The van der Waals surface area contributed by atoms with E-state index >= 15 is 0 Å². The highest BCUT2D eigenvalue weighted by atomic mass is 32.1. The third kappa shape index (κ3) is 5.72. The number of thiazole rings is 1. The molecule has 29 heavy (non-hydrogen) atoms. The molecule has 156 valence electrons. The Hall–Kier alpha value is -2.56. The van der Waals surface area contributed by atoms with Crippen LogP contribution >= 0.6 is 11.3 Å². The minimum absolute atomic E-state index is 0.254. The Labute approximate surface area is 173 Å². The van der Waals surface area contributed by atoms with E-state index in [0.29, 0.717) is 17.4 Å². The maximum absolute atomic E-state index is 12.1. The summed E-state index contributed by atoms with van der Waals surface area (Å²) < 4.78 is 6.81. The van der Waals surface area contributed by atoms with Gasteiger partial charge in [0, 0.05) is 49.1 Å². The van der Waals surface area contributed by atoms with E-state index in [2.05, 4.69) is 25.6 Å². The second kappa shape index (κ2) is 9.77. The summed E-state index contributed by atoms with van der Waals surface area (Å²) in [4.78, 5) is 16.5. The number of ether oxygens (including phenoxy) is 1. The van der Waals surface area contributed by atoms with E-state index < -0.39 is 0 Å². The van der Waals surface area contributed by atoms with Gasteiger partial charge in [-0.15, -0.1) is 11.3 Å². The molecule has 1 aliphatic heterocycles. The highest BCUT2D eigenvalue weighted by molar-refractivity contribution is 7.13. The molecule has 0 aromatic carbocycles. The van der Waals surface area contributed by atoms with Crippen LogP contribution in [0.3, 0.4) is 0 Å². The number of hydrogen-bond acceptors (Lipinski definition) is 7. The van der Waals surface area contributed by atoms with E-state index in [-0.39, 0.29) is 5.91 Å². The zero-order chi connectivity index (χ0) is 20.8. The van der Waals surface area contributed by atoms with Gasteiger partial charge in [-0.2, -0.15) is 10.2 Å². The van der Waals surface area contributed by atoms with Crippen molar-refractivity contribution in [2.45, 2.75) is 39.2 Å². The fourth-order valence-electron chi connectivity index (χ4n) is 2.79. The van der Waals surface area contributed by atoms with E-state index in [9.17, 15) is 4.79 Å². The zero-order valence-electron chi connectivity index (χ0n) is 16.9. The van der Waals surface area contributed by atoms with Gasteiger partial charge >= 0.3 is 0 Å². The van der Waals surface area contributed by atoms with Crippen LogP contribution in [0, 0.1) is 13.8 Å². The normalized spacial score (nSPS) is 16.6. The topological polar surface area (TPSA) is 124 Å². The van der Waals surface area contributed by atoms with Gasteiger partial charge in [0.05, 0.1) is 11.9 Å². The summed E-state index contributed by atoms with van der Waals surface area (Å²) in [6.07, 6.45) is 6.64. The van der Waals surface area contributed by atoms with Gasteiger partial charge in [0.2, 0.25) is 0 Å². The summed E-state index contributed by atoms with van der Waals surface area (Å²) in [6.45, 7) is 5.70. The number of H-pyrrole nitrogens is 1. The van der Waals surface area contributed by atoms with Crippen molar-refractivity contribution in [1.29, 1.82) is 0 Å². The van der Waals surface area contributed by atoms with Crippen molar-refractivity contribution in [2.24, 2.45) is 12.8 Å². The predicted molar refractivity (Wildman–Crippen MR) is 113 cm³/mol. The molecular weight excluding hydrogens is 390 g/mol. The van der Waals surface area contributed by atoms with Gasteiger partial charge in [0.25, 0.3) is 5.91 Å². The number of nitrogens with one attached hydrogen (secondary N) is 2. The molecule has 4 rings (SSSR count). The second-order valence-electron chi connectivity index (χ2n) is 7.02. The average molecular weight is 418 g/mol. The number of hydrogen-bond donors (Lipinski definition) is 3.